The fourth-order valence-electron chi connectivity index (χ4n) is 4.68. The zero-order valence-electron chi connectivity index (χ0n) is 17.1. The van der Waals surface area contributed by atoms with E-state index in [0.29, 0.717) is 18.5 Å². The molecule has 1 N–H and O–H groups in total. The van der Waals surface area contributed by atoms with Crippen molar-refractivity contribution < 1.29 is 9.18 Å². The van der Waals surface area contributed by atoms with Crippen LogP contribution < -0.4 is 15.1 Å². The summed E-state index contributed by atoms with van der Waals surface area (Å²) < 4.78 is 14.0. The number of anilines is 2. The minimum Gasteiger partial charge on any atom is -0.364 e. The summed E-state index contributed by atoms with van der Waals surface area (Å²) in [6, 6.07) is 14.8. The van der Waals surface area contributed by atoms with Gasteiger partial charge in [0.05, 0.1) is 18.2 Å². The van der Waals surface area contributed by atoms with Crippen molar-refractivity contribution in [2.45, 2.75) is 19.0 Å². The van der Waals surface area contributed by atoms with Crippen LogP contribution in [0, 0.1) is 11.7 Å². The lowest BCUT2D eigenvalue weighted by Crippen LogP contribution is -2.61. The van der Waals surface area contributed by atoms with Gasteiger partial charge in [-0.3, -0.25) is 9.78 Å². The first kappa shape index (κ1) is 19.5. The number of para-hydroxylation sites is 1. The third-order valence-corrected chi connectivity index (χ3v) is 6.25. The lowest BCUT2D eigenvalue weighted by atomic mass is 9.83. The van der Waals surface area contributed by atoms with Gasteiger partial charge < -0.3 is 15.1 Å². The molecule has 0 spiro atoms. The number of hydrogen-bond donors (Lipinski definition) is 1. The fourth-order valence-corrected chi connectivity index (χ4v) is 4.68. The first-order valence-electron chi connectivity index (χ1n) is 10.6. The summed E-state index contributed by atoms with van der Waals surface area (Å²) >= 11 is 0. The third-order valence-electron chi connectivity index (χ3n) is 6.25. The Hall–Kier alpha value is -3.48. The van der Waals surface area contributed by atoms with Gasteiger partial charge in [-0.05, 0) is 24.1 Å². The van der Waals surface area contributed by atoms with Crippen LogP contribution in [0.1, 0.15) is 11.1 Å². The van der Waals surface area contributed by atoms with Gasteiger partial charge in [0, 0.05) is 49.8 Å². The van der Waals surface area contributed by atoms with Gasteiger partial charge >= 0.3 is 0 Å². The maximum absolute atomic E-state index is 14.0. The van der Waals surface area contributed by atoms with E-state index in [4.69, 9.17) is 0 Å². The third kappa shape index (κ3) is 3.83. The second-order valence-corrected chi connectivity index (χ2v) is 8.02. The first-order chi connectivity index (χ1) is 15.2. The molecule has 0 unspecified atom stereocenters. The molecule has 1 saturated heterocycles. The molecule has 1 fully saturated rings. The first-order valence-corrected chi connectivity index (χ1v) is 10.6. The van der Waals surface area contributed by atoms with E-state index in [1.54, 1.807) is 36.8 Å². The molecule has 5 rings (SSSR count). The molecular formula is C24H24FN5O. The number of rotatable bonds is 4. The van der Waals surface area contributed by atoms with E-state index in [-0.39, 0.29) is 30.2 Å². The molecule has 7 heteroatoms. The minimum atomic E-state index is -0.301. The lowest BCUT2D eigenvalue weighted by molar-refractivity contribution is -0.126. The standard InChI is InChI=1S/C24H24FN5O/c25-20-7-3-1-6-18(20)14-28-24(31)19-13-17-5-2-4-8-21(17)30-12-11-29(16-22(19)30)23-15-26-9-10-27-23/h1-10,15,19,22H,11-14,16H2,(H,28,31)/t19-,22+/m0/s1. The van der Waals surface area contributed by atoms with E-state index < -0.39 is 0 Å². The van der Waals surface area contributed by atoms with E-state index in [1.807, 2.05) is 12.1 Å². The van der Waals surface area contributed by atoms with Crippen molar-refractivity contribution in [2.24, 2.45) is 5.92 Å². The number of nitrogens with zero attached hydrogens (tertiary/aromatic N) is 4. The zero-order valence-corrected chi connectivity index (χ0v) is 17.1. The van der Waals surface area contributed by atoms with Gasteiger partial charge in [-0.25, -0.2) is 9.37 Å². The maximum atomic E-state index is 14.0. The van der Waals surface area contributed by atoms with E-state index in [1.165, 1.54) is 17.3 Å². The van der Waals surface area contributed by atoms with E-state index in [0.717, 1.165) is 18.9 Å². The Balaban J connectivity index is 1.40. The summed E-state index contributed by atoms with van der Waals surface area (Å²) in [6.45, 7) is 2.48. The number of halogens is 1. The molecule has 0 radical (unpaired) electrons. The average molecular weight is 417 g/mol. The van der Waals surface area contributed by atoms with Gasteiger partial charge in [0.25, 0.3) is 0 Å². The highest BCUT2D eigenvalue weighted by atomic mass is 19.1. The number of carbonyl (C=O) groups is 1. The van der Waals surface area contributed by atoms with Crippen molar-refractivity contribution in [3.05, 3.63) is 84.1 Å². The summed E-state index contributed by atoms with van der Waals surface area (Å²) in [4.78, 5) is 26.5. The molecule has 2 atom stereocenters. The van der Waals surface area contributed by atoms with Gasteiger partial charge in [-0.15, -0.1) is 0 Å². The summed E-state index contributed by atoms with van der Waals surface area (Å²) in [6.07, 6.45) is 5.78. The van der Waals surface area contributed by atoms with Gasteiger partial charge in [-0.1, -0.05) is 36.4 Å². The van der Waals surface area contributed by atoms with Gasteiger partial charge in [0.1, 0.15) is 11.6 Å². The molecule has 2 aliphatic heterocycles. The van der Waals surface area contributed by atoms with Crippen LogP contribution in [0.25, 0.3) is 0 Å². The van der Waals surface area contributed by atoms with Gasteiger partial charge in [0.15, 0.2) is 0 Å². The van der Waals surface area contributed by atoms with Crippen LogP contribution in [0.2, 0.25) is 0 Å². The minimum absolute atomic E-state index is 0.00581. The van der Waals surface area contributed by atoms with Gasteiger partial charge in [0.2, 0.25) is 5.91 Å². The number of piperazine rings is 1. The largest absolute Gasteiger partial charge is 0.364 e. The highest BCUT2D eigenvalue weighted by Crippen LogP contribution is 2.36. The molecule has 2 aliphatic rings. The SMILES string of the molecule is O=C(NCc1ccccc1F)[C@H]1Cc2ccccc2N2CCN(c3cnccn3)C[C@H]12. The Morgan fingerprint density at radius 1 is 1.10 bits per heavy atom. The molecule has 158 valence electrons. The Morgan fingerprint density at radius 2 is 1.94 bits per heavy atom. The number of hydrogen-bond acceptors (Lipinski definition) is 5. The molecule has 2 aromatic carbocycles. The quantitative estimate of drug-likeness (QED) is 0.707. The Kier molecular flexibility index (Phi) is 5.24. The molecule has 31 heavy (non-hydrogen) atoms. The smallest absolute Gasteiger partial charge is 0.225 e. The molecule has 3 heterocycles. The molecule has 1 amide bonds. The van der Waals surface area contributed by atoms with E-state index in [9.17, 15) is 9.18 Å². The summed E-state index contributed by atoms with van der Waals surface area (Å²) in [5.74, 6) is 0.242. The molecule has 0 saturated carbocycles. The monoisotopic (exact) mass is 417 g/mol. The molecular weight excluding hydrogens is 393 g/mol. The second-order valence-electron chi connectivity index (χ2n) is 8.02. The maximum Gasteiger partial charge on any atom is 0.225 e. The topological polar surface area (TPSA) is 61.4 Å². The van der Waals surface area contributed by atoms with Crippen molar-refractivity contribution in [3.63, 3.8) is 0 Å². The van der Waals surface area contributed by atoms with Crippen LogP contribution in [0.15, 0.2) is 67.1 Å². The van der Waals surface area contributed by atoms with Crippen LogP contribution in [0.3, 0.4) is 0 Å². The zero-order chi connectivity index (χ0) is 21.2. The Morgan fingerprint density at radius 3 is 2.77 bits per heavy atom. The fraction of sp³-hybridized carbons (Fsp3) is 0.292. The number of aromatic nitrogens is 2. The highest BCUT2D eigenvalue weighted by molar-refractivity contribution is 5.82. The summed E-state index contributed by atoms with van der Waals surface area (Å²) in [7, 11) is 0. The summed E-state index contributed by atoms with van der Waals surface area (Å²) in [5, 5.41) is 2.98. The average Bonchev–Trinajstić information content (AvgIpc) is 2.83. The van der Waals surface area contributed by atoms with Crippen LogP contribution >= 0.6 is 0 Å². The van der Waals surface area contributed by atoms with Crippen LogP contribution in [0.4, 0.5) is 15.9 Å². The van der Waals surface area contributed by atoms with Crippen molar-refractivity contribution >= 4 is 17.4 Å². The Bertz CT molecular complexity index is 1080. The molecule has 6 nitrogen and oxygen atoms in total. The van der Waals surface area contributed by atoms with E-state index >= 15 is 0 Å². The number of fused-ring (bicyclic) bond motifs is 3. The normalized spacial score (nSPS) is 20.0. The van der Waals surface area contributed by atoms with Crippen LogP contribution in [-0.2, 0) is 17.8 Å². The number of carbonyl (C=O) groups excluding carboxylic acids is 1. The molecule has 0 aliphatic carbocycles. The Labute approximate surface area is 180 Å². The molecule has 0 bridgehead atoms. The van der Waals surface area contributed by atoms with Gasteiger partial charge in [-0.2, -0.15) is 0 Å². The highest BCUT2D eigenvalue weighted by Gasteiger charge is 2.41. The number of benzene rings is 2. The van der Waals surface area contributed by atoms with Crippen molar-refractivity contribution in [1.29, 1.82) is 0 Å². The molecule has 1 aromatic heterocycles. The van der Waals surface area contributed by atoms with Crippen LogP contribution in [0.5, 0.6) is 0 Å². The lowest BCUT2D eigenvalue weighted by Gasteiger charge is -2.49. The predicted octanol–water partition coefficient (Wildman–Crippen LogP) is 2.80. The van der Waals surface area contributed by atoms with E-state index in [2.05, 4.69) is 37.2 Å². The van der Waals surface area contributed by atoms with Crippen LogP contribution in [-0.4, -0.2) is 41.6 Å². The second kappa shape index (κ2) is 8.34. The number of nitrogens with one attached hydrogen (secondary N) is 1. The number of amides is 1. The molecule has 3 aromatic rings. The van der Waals surface area contributed by atoms with Crippen molar-refractivity contribution in [1.82, 2.24) is 15.3 Å². The van der Waals surface area contributed by atoms with Crippen molar-refractivity contribution in [2.75, 3.05) is 29.4 Å². The van der Waals surface area contributed by atoms with Crippen molar-refractivity contribution in [3.8, 4) is 0 Å². The predicted molar refractivity (Wildman–Crippen MR) is 117 cm³/mol. The summed E-state index contributed by atoms with van der Waals surface area (Å²) in [5.41, 5.74) is 2.87.